The number of pyridine rings is 1. The number of benzene rings is 1. The van der Waals surface area contributed by atoms with E-state index in [9.17, 15) is 0 Å². The molecule has 1 aromatic carbocycles. The molecule has 0 amide bonds. The van der Waals surface area contributed by atoms with Crippen molar-refractivity contribution in [2.24, 2.45) is 5.92 Å². The zero-order chi connectivity index (χ0) is 17.8. The first-order valence-corrected chi connectivity index (χ1v) is 9.90. The van der Waals surface area contributed by atoms with E-state index in [1.165, 1.54) is 47.1 Å². The van der Waals surface area contributed by atoms with Crippen LogP contribution < -0.4 is 5.32 Å². The standard InChI is InChI=1S/C23H32N2/c1-5-20(16(2)3)22-15-18(10-9-17(22)4)14-19-11-13-25-23-21(19)8-6-7-12-24-23/h9-11,13,15-16,20H,5-8,12,14H2,1-4H3,(H,24,25). The lowest BCUT2D eigenvalue weighted by Crippen LogP contribution is -2.08. The van der Waals surface area contributed by atoms with Crippen LogP contribution in [0.2, 0.25) is 0 Å². The molecule has 0 saturated carbocycles. The van der Waals surface area contributed by atoms with Gasteiger partial charge in [0.15, 0.2) is 0 Å². The van der Waals surface area contributed by atoms with Gasteiger partial charge in [0.05, 0.1) is 0 Å². The fourth-order valence-electron chi connectivity index (χ4n) is 4.23. The van der Waals surface area contributed by atoms with E-state index in [1.54, 1.807) is 0 Å². The average molecular weight is 337 g/mol. The third-order valence-electron chi connectivity index (χ3n) is 5.68. The third kappa shape index (κ3) is 4.05. The van der Waals surface area contributed by atoms with Crippen LogP contribution in [0.5, 0.6) is 0 Å². The minimum absolute atomic E-state index is 0.649. The molecular formula is C23H32N2. The van der Waals surface area contributed by atoms with Crippen LogP contribution in [0.4, 0.5) is 5.82 Å². The van der Waals surface area contributed by atoms with Gasteiger partial charge in [-0.2, -0.15) is 0 Å². The zero-order valence-corrected chi connectivity index (χ0v) is 16.2. The summed E-state index contributed by atoms with van der Waals surface area (Å²) in [4.78, 5) is 4.57. The van der Waals surface area contributed by atoms with Crippen LogP contribution in [-0.2, 0) is 12.8 Å². The van der Waals surface area contributed by atoms with Crippen LogP contribution in [-0.4, -0.2) is 11.5 Å². The lowest BCUT2D eigenvalue weighted by molar-refractivity contribution is 0.483. The maximum Gasteiger partial charge on any atom is 0.129 e. The van der Waals surface area contributed by atoms with Gasteiger partial charge >= 0.3 is 0 Å². The van der Waals surface area contributed by atoms with Gasteiger partial charge in [-0.15, -0.1) is 0 Å². The van der Waals surface area contributed by atoms with Crippen LogP contribution in [0, 0.1) is 12.8 Å². The molecule has 3 rings (SSSR count). The van der Waals surface area contributed by atoms with Crippen LogP contribution >= 0.6 is 0 Å². The summed E-state index contributed by atoms with van der Waals surface area (Å²) in [6.45, 7) is 10.3. The van der Waals surface area contributed by atoms with Gasteiger partial charge in [-0.1, -0.05) is 39.0 Å². The Morgan fingerprint density at radius 1 is 1.16 bits per heavy atom. The van der Waals surface area contributed by atoms with Crippen molar-refractivity contribution in [2.45, 2.75) is 65.7 Å². The molecule has 2 nitrogen and oxygen atoms in total. The lowest BCUT2D eigenvalue weighted by atomic mass is 9.82. The van der Waals surface area contributed by atoms with Gasteiger partial charge in [-0.05, 0) is 84.7 Å². The zero-order valence-electron chi connectivity index (χ0n) is 16.2. The van der Waals surface area contributed by atoms with Crippen molar-refractivity contribution in [2.75, 3.05) is 11.9 Å². The summed E-state index contributed by atoms with van der Waals surface area (Å²) >= 11 is 0. The molecule has 0 spiro atoms. The predicted octanol–water partition coefficient (Wildman–Crippen LogP) is 5.88. The average Bonchev–Trinajstić information content (AvgIpc) is 2.84. The number of aromatic nitrogens is 1. The quantitative estimate of drug-likeness (QED) is 0.737. The topological polar surface area (TPSA) is 24.9 Å². The molecule has 0 fully saturated rings. The molecule has 0 bridgehead atoms. The van der Waals surface area contributed by atoms with E-state index in [0.29, 0.717) is 11.8 Å². The molecule has 1 aliphatic heterocycles. The molecule has 1 aliphatic rings. The first kappa shape index (κ1) is 18.0. The Kier molecular flexibility index (Phi) is 5.78. The van der Waals surface area contributed by atoms with Crippen molar-refractivity contribution < 1.29 is 0 Å². The number of nitrogens with zero attached hydrogens (tertiary/aromatic N) is 1. The molecule has 1 N–H and O–H groups in total. The van der Waals surface area contributed by atoms with E-state index >= 15 is 0 Å². The Morgan fingerprint density at radius 2 is 2.00 bits per heavy atom. The second-order valence-electron chi connectivity index (χ2n) is 7.81. The molecule has 1 atom stereocenters. The van der Waals surface area contributed by atoms with Crippen molar-refractivity contribution in [3.63, 3.8) is 0 Å². The first-order chi connectivity index (χ1) is 12.1. The fourth-order valence-corrected chi connectivity index (χ4v) is 4.23. The highest BCUT2D eigenvalue weighted by molar-refractivity contribution is 5.51. The Balaban J connectivity index is 1.92. The van der Waals surface area contributed by atoms with Gasteiger partial charge in [0.25, 0.3) is 0 Å². The summed E-state index contributed by atoms with van der Waals surface area (Å²) in [6.07, 6.45) is 7.81. The number of hydrogen-bond donors (Lipinski definition) is 1. The first-order valence-electron chi connectivity index (χ1n) is 9.90. The molecule has 1 unspecified atom stereocenters. The second kappa shape index (κ2) is 8.03. The minimum Gasteiger partial charge on any atom is -0.370 e. The fraction of sp³-hybridized carbons (Fsp3) is 0.522. The Labute approximate surface area is 153 Å². The maximum atomic E-state index is 4.57. The summed E-state index contributed by atoms with van der Waals surface area (Å²) < 4.78 is 0. The van der Waals surface area contributed by atoms with E-state index in [-0.39, 0.29) is 0 Å². The van der Waals surface area contributed by atoms with E-state index < -0.39 is 0 Å². The van der Waals surface area contributed by atoms with Gasteiger partial charge in [0.1, 0.15) is 5.82 Å². The normalized spacial score (nSPS) is 15.4. The van der Waals surface area contributed by atoms with Crippen molar-refractivity contribution in [3.8, 4) is 0 Å². The summed E-state index contributed by atoms with van der Waals surface area (Å²) in [5, 5.41) is 3.50. The van der Waals surface area contributed by atoms with Gasteiger partial charge in [-0.25, -0.2) is 4.98 Å². The highest BCUT2D eigenvalue weighted by Gasteiger charge is 2.17. The van der Waals surface area contributed by atoms with Crippen LogP contribution in [0.1, 0.15) is 73.8 Å². The SMILES string of the molecule is CCC(c1cc(Cc2ccnc3c2CCCCN3)ccc1C)C(C)C. The number of fused-ring (bicyclic) bond motifs is 1. The monoisotopic (exact) mass is 336 g/mol. The predicted molar refractivity (Wildman–Crippen MR) is 108 cm³/mol. The van der Waals surface area contributed by atoms with E-state index in [2.05, 4.69) is 62.3 Å². The number of hydrogen-bond acceptors (Lipinski definition) is 2. The molecule has 0 radical (unpaired) electrons. The van der Waals surface area contributed by atoms with Crippen LogP contribution in [0.3, 0.4) is 0 Å². The summed E-state index contributed by atoms with van der Waals surface area (Å²) in [5.41, 5.74) is 7.26. The summed E-state index contributed by atoms with van der Waals surface area (Å²) in [7, 11) is 0. The molecule has 2 aromatic rings. The molecule has 0 saturated heterocycles. The number of nitrogens with one attached hydrogen (secondary N) is 1. The number of aryl methyl sites for hydroxylation is 1. The minimum atomic E-state index is 0.649. The Hall–Kier alpha value is -1.83. The molecule has 25 heavy (non-hydrogen) atoms. The van der Waals surface area contributed by atoms with E-state index in [4.69, 9.17) is 0 Å². The van der Waals surface area contributed by atoms with Crippen LogP contribution in [0.15, 0.2) is 30.5 Å². The lowest BCUT2D eigenvalue weighted by Gasteiger charge is -2.23. The largest absolute Gasteiger partial charge is 0.370 e. The molecule has 2 heterocycles. The van der Waals surface area contributed by atoms with E-state index in [0.717, 1.165) is 25.2 Å². The summed E-state index contributed by atoms with van der Waals surface area (Å²) in [6, 6.07) is 9.29. The van der Waals surface area contributed by atoms with Crippen molar-refractivity contribution in [1.82, 2.24) is 4.98 Å². The van der Waals surface area contributed by atoms with Gasteiger partial charge < -0.3 is 5.32 Å². The summed E-state index contributed by atoms with van der Waals surface area (Å²) in [5.74, 6) is 2.44. The van der Waals surface area contributed by atoms with Gasteiger partial charge in [0.2, 0.25) is 0 Å². The Bertz CT molecular complexity index is 718. The second-order valence-corrected chi connectivity index (χ2v) is 7.81. The molecular weight excluding hydrogens is 304 g/mol. The van der Waals surface area contributed by atoms with E-state index in [1.807, 2.05) is 6.20 Å². The number of rotatable bonds is 5. The highest BCUT2D eigenvalue weighted by Crippen LogP contribution is 2.32. The maximum absolute atomic E-state index is 4.57. The van der Waals surface area contributed by atoms with Crippen molar-refractivity contribution >= 4 is 5.82 Å². The molecule has 134 valence electrons. The number of anilines is 1. The third-order valence-corrected chi connectivity index (χ3v) is 5.68. The molecule has 0 aliphatic carbocycles. The van der Waals surface area contributed by atoms with Gasteiger partial charge in [-0.3, -0.25) is 0 Å². The molecule has 1 aromatic heterocycles. The Morgan fingerprint density at radius 3 is 2.76 bits per heavy atom. The van der Waals surface area contributed by atoms with Gasteiger partial charge in [0, 0.05) is 12.7 Å². The highest BCUT2D eigenvalue weighted by atomic mass is 15.0. The molecule has 2 heteroatoms. The smallest absolute Gasteiger partial charge is 0.129 e. The van der Waals surface area contributed by atoms with Crippen molar-refractivity contribution in [3.05, 3.63) is 58.3 Å². The van der Waals surface area contributed by atoms with Crippen molar-refractivity contribution in [1.29, 1.82) is 0 Å². The van der Waals surface area contributed by atoms with Crippen LogP contribution in [0.25, 0.3) is 0 Å².